The lowest BCUT2D eigenvalue weighted by atomic mass is 9.85. The molecule has 5 radical (unpaired) electrons. The van der Waals surface area contributed by atoms with Crippen LogP contribution in [0.15, 0.2) is 30.3 Å². The fourth-order valence-corrected chi connectivity index (χ4v) is 1.80. The molecule has 0 saturated heterocycles. The summed E-state index contributed by atoms with van der Waals surface area (Å²) in [5, 5.41) is 0. The summed E-state index contributed by atoms with van der Waals surface area (Å²) in [4.78, 5) is 23.9. The molecule has 0 aliphatic heterocycles. The van der Waals surface area contributed by atoms with Gasteiger partial charge in [0.2, 0.25) is 0 Å². The Kier molecular flexibility index (Phi) is 3.72. The molecular weight excluding hydrogens is 212 g/mol. The summed E-state index contributed by atoms with van der Waals surface area (Å²) >= 11 is 0. The molecule has 0 unspecified atom stereocenters. The molecule has 85 valence electrons. The van der Waals surface area contributed by atoms with Crippen molar-refractivity contribution in [2.75, 3.05) is 0 Å². The molecule has 2 nitrogen and oxygen atoms in total. The van der Waals surface area contributed by atoms with E-state index in [4.69, 9.17) is 0 Å². The first kappa shape index (κ1) is 12.0. The molecule has 0 atom stereocenters. The topological polar surface area (TPSA) is 34.1 Å². The average molecular weight is 225 g/mol. The minimum absolute atomic E-state index is 0.00859. The van der Waals surface area contributed by atoms with Crippen molar-refractivity contribution < 1.29 is 9.59 Å². The van der Waals surface area contributed by atoms with Crippen LogP contribution in [0.1, 0.15) is 23.7 Å². The maximum Gasteiger partial charge on any atom is 0.171 e. The molecule has 1 aromatic carbocycles. The van der Waals surface area contributed by atoms with E-state index in [1.54, 1.807) is 38.3 Å². The van der Waals surface area contributed by atoms with Crippen molar-refractivity contribution in [1.29, 1.82) is 0 Å². The third-order valence-corrected chi connectivity index (χ3v) is 2.72. The smallest absolute Gasteiger partial charge is 0.171 e. The van der Waals surface area contributed by atoms with E-state index in [-0.39, 0.29) is 11.6 Å². The predicted molar refractivity (Wildman–Crippen MR) is 65.5 cm³/mol. The summed E-state index contributed by atoms with van der Waals surface area (Å²) in [6, 6.07) is 9.01. The Morgan fingerprint density at radius 3 is 2.29 bits per heavy atom. The monoisotopic (exact) mass is 225 g/mol. The number of benzene rings is 1. The normalized spacial score (nSPS) is 17.2. The van der Waals surface area contributed by atoms with E-state index in [2.05, 4.69) is 0 Å². The third kappa shape index (κ3) is 2.46. The summed E-state index contributed by atoms with van der Waals surface area (Å²) in [7, 11) is 0. The van der Waals surface area contributed by atoms with Gasteiger partial charge in [-0.15, -0.1) is 0 Å². The molecule has 0 heterocycles. The highest BCUT2D eigenvalue weighted by Gasteiger charge is 2.38. The molecule has 2 heteroatoms. The minimum Gasteiger partial charge on any atom is -0.299 e. The Bertz CT molecular complexity index is 408. The van der Waals surface area contributed by atoms with Gasteiger partial charge in [0.1, 0.15) is 5.78 Å². The summed E-state index contributed by atoms with van der Waals surface area (Å²) < 4.78 is 0. The Morgan fingerprint density at radius 1 is 1.00 bits per heavy atom. The Morgan fingerprint density at radius 2 is 1.65 bits per heavy atom. The van der Waals surface area contributed by atoms with E-state index in [9.17, 15) is 9.59 Å². The second-order valence-corrected chi connectivity index (χ2v) is 3.83. The number of rotatable bonds is 4. The van der Waals surface area contributed by atoms with Crippen LogP contribution >= 0.6 is 0 Å². The zero-order valence-electron chi connectivity index (χ0n) is 9.64. The fraction of sp³-hybridized carbons (Fsp3) is 0.133. The van der Waals surface area contributed by atoms with Gasteiger partial charge in [-0.05, 0) is 19.3 Å². The number of hydrogen-bond acceptors (Lipinski definition) is 2. The van der Waals surface area contributed by atoms with Gasteiger partial charge in [-0.25, -0.2) is 0 Å². The van der Waals surface area contributed by atoms with Crippen LogP contribution in [-0.4, -0.2) is 11.6 Å². The number of ketones is 2. The highest BCUT2D eigenvalue weighted by Crippen LogP contribution is 2.36. The summed E-state index contributed by atoms with van der Waals surface area (Å²) in [5.41, 5.74) is 0.615. The van der Waals surface area contributed by atoms with Gasteiger partial charge in [0, 0.05) is 12.0 Å². The van der Waals surface area contributed by atoms with Crippen molar-refractivity contribution >= 4 is 11.6 Å². The van der Waals surface area contributed by atoms with Gasteiger partial charge >= 0.3 is 0 Å². The molecule has 0 aromatic heterocycles. The SMILES string of the molecule is CCC(=O)[C]1[CH][CH][CH][C]1C(=O)c1ccccc1. The number of hydrogen-bond donors (Lipinski definition) is 0. The quantitative estimate of drug-likeness (QED) is 0.738. The van der Waals surface area contributed by atoms with E-state index in [0.29, 0.717) is 23.8 Å². The molecule has 0 spiro atoms. The Hall–Kier alpha value is -1.44. The summed E-state index contributed by atoms with van der Waals surface area (Å²) in [5.74, 6) is 0.950. The maximum atomic E-state index is 12.2. The lowest BCUT2D eigenvalue weighted by Gasteiger charge is -2.14. The number of carbonyl (C=O) groups excluding carboxylic acids is 2. The largest absolute Gasteiger partial charge is 0.299 e. The second-order valence-electron chi connectivity index (χ2n) is 3.83. The van der Waals surface area contributed by atoms with E-state index in [1.165, 1.54) is 0 Å². The molecule has 0 bridgehead atoms. The van der Waals surface area contributed by atoms with Crippen LogP contribution in [0.3, 0.4) is 0 Å². The van der Waals surface area contributed by atoms with Crippen LogP contribution < -0.4 is 0 Å². The molecule has 17 heavy (non-hydrogen) atoms. The molecule has 1 aromatic rings. The van der Waals surface area contributed by atoms with Gasteiger partial charge in [0.15, 0.2) is 5.78 Å². The van der Waals surface area contributed by atoms with Crippen LogP contribution in [0.2, 0.25) is 0 Å². The van der Waals surface area contributed by atoms with Crippen LogP contribution in [0, 0.1) is 31.1 Å². The molecule has 0 amide bonds. The molecule has 0 N–H and O–H groups in total. The van der Waals surface area contributed by atoms with Crippen molar-refractivity contribution in [1.82, 2.24) is 0 Å². The van der Waals surface area contributed by atoms with Crippen molar-refractivity contribution in [2.24, 2.45) is 0 Å². The first-order valence-electron chi connectivity index (χ1n) is 5.62. The predicted octanol–water partition coefficient (Wildman–Crippen LogP) is 2.62. The van der Waals surface area contributed by atoms with Crippen molar-refractivity contribution in [3.05, 3.63) is 67.0 Å². The van der Waals surface area contributed by atoms with Crippen LogP contribution in [-0.2, 0) is 4.79 Å². The molecule has 1 fully saturated rings. The van der Waals surface area contributed by atoms with Gasteiger partial charge in [0.05, 0.1) is 11.8 Å². The average Bonchev–Trinajstić information content (AvgIpc) is 2.87. The van der Waals surface area contributed by atoms with E-state index >= 15 is 0 Å². The van der Waals surface area contributed by atoms with Crippen LogP contribution in [0.5, 0.6) is 0 Å². The molecule has 1 saturated carbocycles. The van der Waals surface area contributed by atoms with Crippen molar-refractivity contribution in [3.8, 4) is 0 Å². The van der Waals surface area contributed by atoms with E-state index in [1.807, 2.05) is 18.2 Å². The van der Waals surface area contributed by atoms with E-state index in [0.717, 1.165) is 0 Å². The Balaban J connectivity index is 2.17. The number of Topliss-reactive ketones (excluding diaryl/α,β-unsaturated/α-hetero) is 2. The van der Waals surface area contributed by atoms with Gasteiger partial charge in [-0.1, -0.05) is 37.3 Å². The van der Waals surface area contributed by atoms with Crippen LogP contribution in [0.25, 0.3) is 0 Å². The van der Waals surface area contributed by atoms with Gasteiger partial charge in [-0.3, -0.25) is 9.59 Å². The zero-order chi connectivity index (χ0) is 12.3. The van der Waals surface area contributed by atoms with Crippen molar-refractivity contribution in [2.45, 2.75) is 13.3 Å². The van der Waals surface area contributed by atoms with Gasteiger partial charge in [-0.2, -0.15) is 0 Å². The first-order chi connectivity index (χ1) is 8.24. The molecule has 1 aliphatic rings. The Labute approximate surface area is 102 Å². The standard InChI is InChI=1S/C15H13O2/c1-2-14(16)12-9-6-10-13(12)15(17)11-7-4-3-5-8-11/h3-10H,2H2,1H3. The highest BCUT2D eigenvalue weighted by atomic mass is 16.1. The molecule has 2 rings (SSSR count). The third-order valence-electron chi connectivity index (χ3n) is 2.72. The first-order valence-corrected chi connectivity index (χ1v) is 5.62. The zero-order valence-corrected chi connectivity index (χ0v) is 9.64. The van der Waals surface area contributed by atoms with E-state index < -0.39 is 0 Å². The minimum atomic E-state index is -0.0904. The lowest BCUT2D eigenvalue weighted by molar-refractivity contribution is -0.116. The summed E-state index contributed by atoms with van der Waals surface area (Å²) in [6.45, 7) is 1.80. The fourth-order valence-electron chi connectivity index (χ4n) is 1.80. The number of carbonyl (C=O) groups is 2. The molecular formula is C15H13O2. The van der Waals surface area contributed by atoms with Crippen LogP contribution in [0.4, 0.5) is 0 Å². The van der Waals surface area contributed by atoms with Crippen molar-refractivity contribution in [3.63, 3.8) is 0 Å². The highest BCUT2D eigenvalue weighted by molar-refractivity contribution is 6.17. The summed E-state index contributed by atoms with van der Waals surface area (Å²) in [6.07, 6.45) is 5.58. The molecule has 1 aliphatic carbocycles. The van der Waals surface area contributed by atoms with Gasteiger partial charge in [0.25, 0.3) is 0 Å². The second kappa shape index (κ2) is 5.26. The maximum absolute atomic E-state index is 12.2. The van der Waals surface area contributed by atoms with Gasteiger partial charge < -0.3 is 0 Å². The lowest BCUT2D eigenvalue weighted by Crippen LogP contribution is -2.22.